The van der Waals surface area contributed by atoms with Gasteiger partial charge in [-0.25, -0.2) is 4.39 Å². The van der Waals surface area contributed by atoms with Crippen LogP contribution in [0.1, 0.15) is 12.5 Å². The molecule has 0 aromatic heterocycles. The van der Waals surface area contributed by atoms with Gasteiger partial charge in [0.05, 0.1) is 5.02 Å². The first kappa shape index (κ1) is 12.2. The molecule has 0 saturated carbocycles. The average Bonchev–Trinajstić information content (AvgIpc) is 2.19. The van der Waals surface area contributed by atoms with E-state index in [2.05, 4.69) is 6.92 Å². The fourth-order valence-electron chi connectivity index (χ4n) is 0.912. The maximum atomic E-state index is 12.8. The number of alkyl halides is 1. The van der Waals surface area contributed by atoms with E-state index in [4.69, 9.17) is 23.2 Å². The quantitative estimate of drug-likeness (QED) is 0.719. The first-order valence-corrected chi connectivity index (χ1v) is 6.21. The Morgan fingerprint density at radius 3 is 2.79 bits per heavy atom. The minimum Gasteiger partial charge on any atom is -0.205 e. The van der Waals surface area contributed by atoms with Gasteiger partial charge in [0.1, 0.15) is 5.82 Å². The Hall–Kier alpha value is 0.0800. The molecule has 0 nitrogen and oxygen atoms in total. The van der Waals surface area contributed by atoms with E-state index >= 15 is 0 Å². The monoisotopic (exact) mass is 252 g/mol. The van der Waals surface area contributed by atoms with Crippen LogP contribution >= 0.6 is 35.0 Å². The highest BCUT2D eigenvalue weighted by atomic mass is 35.5. The van der Waals surface area contributed by atoms with Crippen molar-refractivity contribution in [2.75, 3.05) is 5.88 Å². The van der Waals surface area contributed by atoms with Crippen molar-refractivity contribution in [3.05, 3.63) is 34.6 Å². The summed E-state index contributed by atoms with van der Waals surface area (Å²) in [5.74, 6) is 1.07. The Kier molecular flexibility index (Phi) is 5.07. The lowest BCUT2D eigenvalue weighted by atomic mass is 10.2. The molecule has 0 bridgehead atoms. The maximum Gasteiger partial charge on any atom is 0.141 e. The van der Waals surface area contributed by atoms with Gasteiger partial charge < -0.3 is 0 Å². The molecule has 1 aromatic rings. The zero-order chi connectivity index (χ0) is 10.6. The molecule has 0 aliphatic rings. The summed E-state index contributed by atoms with van der Waals surface area (Å²) in [4.78, 5) is 0. The molecule has 0 heterocycles. The van der Waals surface area contributed by atoms with Gasteiger partial charge in [-0.05, 0) is 17.7 Å². The van der Waals surface area contributed by atoms with Crippen LogP contribution in [0, 0.1) is 5.82 Å². The number of halogens is 3. The van der Waals surface area contributed by atoms with Crippen molar-refractivity contribution < 1.29 is 4.39 Å². The zero-order valence-corrected chi connectivity index (χ0v) is 10.1. The molecule has 1 aromatic carbocycles. The third kappa shape index (κ3) is 3.68. The lowest BCUT2D eigenvalue weighted by Gasteiger charge is -2.07. The molecule has 0 aliphatic heterocycles. The first-order valence-electron chi connectivity index (χ1n) is 4.25. The molecule has 1 atom stereocenters. The van der Waals surface area contributed by atoms with Gasteiger partial charge in [0.25, 0.3) is 0 Å². The van der Waals surface area contributed by atoms with Crippen LogP contribution in [0.3, 0.4) is 0 Å². The summed E-state index contributed by atoms with van der Waals surface area (Å²) in [6, 6.07) is 4.80. The van der Waals surface area contributed by atoms with Gasteiger partial charge in [-0.2, -0.15) is 11.8 Å². The predicted octanol–water partition coefficient (Wildman–Crippen LogP) is 4.34. The van der Waals surface area contributed by atoms with Gasteiger partial charge in [-0.3, -0.25) is 0 Å². The van der Waals surface area contributed by atoms with Gasteiger partial charge >= 0.3 is 0 Å². The van der Waals surface area contributed by atoms with E-state index in [1.165, 1.54) is 6.07 Å². The lowest BCUT2D eigenvalue weighted by molar-refractivity contribution is 0.628. The molecule has 0 radical (unpaired) electrons. The molecule has 4 heteroatoms. The zero-order valence-electron chi connectivity index (χ0n) is 7.77. The van der Waals surface area contributed by atoms with E-state index in [-0.39, 0.29) is 10.8 Å². The van der Waals surface area contributed by atoms with Crippen LogP contribution in [-0.2, 0) is 5.75 Å². The summed E-state index contributed by atoms with van der Waals surface area (Å²) in [7, 11) is 0. The highest BCUT2D eigenvalue weighted by Gasteiger charge is 2.04. The van der Waals surface area contributed by atoms with Gasteiger partial charge in [0.2, 0.25) is 0 Å². The molecule has 0 saturated heterocycles. The van der Waals surface area contributed by atoms with Crippen LogP contribution in [0.5, 0.6) is 0 Å². The molecule has 0 fully saturated rings. The highest BCUT2D eigenvalue weighted by Crippen LogP contribution is 2.22. The lowest BCUT2D eigenvalue weighted by Crippen LogP contribution is -1.97. The molecule has 78 valence electrons. The summed E-state index contributed by atoms with van der Waals surface area (Å²) in [6.45, 7) is 2.06. The van der Waals surface area contributed by atoms with E-state index in [1.807, 2.05) is 0 Å². The van der Waals surface area contributed by atoms with Crippen LogP contribution in [0.25, 0.3) is 0 Å². The minimum atomic E-state index is -0.370. The molecule has 1 unspecified atom stereocenters. The molecule has 0 spiro atoms. The van der Waals surface area contributed by atoms with E-state index < -0.39 is 0 Å². The van der Waals surface area contributed by atoms with E-state index in [1.54, 1.807) is 23.9 Å². The predicted molar refractivity (Wildman–Crippen MR) is 62.9 cm³/mol. The van der Waals surface area contributed by atoms with Gasteiger partial charge in [-0.1, -0.05) is 24.6 Å². The largest absolute Gasteiger partial charge is 0.205 e. The fraction of sp³-hybridized carbons (Fsp3) is 0.400. The summed E-state index contributed by atoms with van der Waals surface area (Å²) < 4.78 is 12.8. The van der Waals surface area contributed by atoms with Crippen LogP contribution in [0.4, 0.5) is 4.39 Å². The topological polar surface area (TPSA) is 0 Å². The minimum absolute atomic E-state index is 0.182. The SMILES string of the molecule is CC(CCl)SCc1ccc(F)c(Cl)c1. The summed E-state index contributed by atoms with van der Waals surface area (Å²) >= 11 is 13.1. The standard InChI is InChI=1S/C10H11Cl2FS/c1-7(5-11)14-6-8-2-3-10(13)9(12)4-8/h2-4,7H,5-6H2,1H3. The summed E-state index contributed by atoms with van der Waals surface area (Å²) in [6.07, 6.45) is 0. The van der Waals surface area contributed by atoms with E-state index in [0.29, 0.717) is 11.1 Å². The van der Waals surface area contributed by atoms with Crippen molar-refractivity contribution >= 4 is 35.0 Å². The van der Waals surface area contributed by atoms with Crippen molar-refractivity contribution in [3.8, 4) is 0 Å². The highest BCUT2D eigenvalue weighted by molar-refractivity contribution is 7.99. The average molecular weight is 253 g/mol. The number of hydrogen-bond acceptors (Lipinski definition) is 1. The molecule has 14 heavy (non-hydrogen) atoms. The van der Waals surface area contributed by atoms with Crippen LogP contribution in [0.15, 0.2) is 18.2 Å². The molecule has 0 N–H and O–H groups in total. The molecular formula is C10H11Cl2FS. The van der Waals surface area contributed by atoms with Gasteiger partial charge in [0, 0.05) is 16.9 Å². The van der Waals surface area contributed by atoms with Crippen molar-refractivity contribution in [2.24, 2.45) is 0 Å². The van der Waals surface area contributed by atoms with Crippen molar-refractivity contribution in [1.82, 2.24) is 0 Å². The normalized spacial score (nSPS) is 12.9. The van der Waals surface area contributed by atoms with Crippen LogP contribution in [0.2, 0.25) is 5.02 Å². The molecule has 1 rings (SSSR count). The van der Waals surface area contributed by atoms with Crippen LogP contribution < -0.4 is 0 Å². The summed E-state index contributed by atoms with van der Waals surface area (Å²) in [5.41, 5.74) is 1.03. The van der Waals surface area contributed by atoms with Gasteiger partial charge in [0.15, 0.2) is 0 Å². The molecule has 0 amide bonds. The fourth-order valence-corrected chi connectivity index (χ4v) is 2.13. The number of thioether (sulfide) groups is 1. The summed E-state index contributed by atoms with van der Waals surface area (Å²) in [5, 5.41) is 0.585. The Morgan fingerprint density at radius 1 is 1.50 bits per heavy atom. The van der Waals surface area contributed by atoms with Gasteiger partial charge in [-0.15, -0.1) is 11.6 Å². The number of hydrogen-bond donors (Lipinski definition) is 0. The number of rotatable bonds is 4. The smallest absolute Gasteiger partial charge is 0.141 e. The Morgan fingerprint density at radius 2 is 2.21 bits per heavy atom. The van der Waals surface area contributed by atoms with Crippen molar-refractivity contribution in [3.63, 3.8) is 0 Å². The second-order valence-corrected chi connectivity index (χ2v) is 5.17. The Balaban J connectivity index is 2.55. The second-order valence-electron chi connectivity index (χ2n) is 3.02. The third-order valence-electron chi connectivity index (χ3n) is 1.74. The first-order chi connectivity index (χ1) is 6.63. The second kappa shape index (κ2) is 5.84. The Labute approximate surface area is 97.8 Å². The van der Waals surface area contributed by atoms with Crippen molar-refractivity contribution in [1.29, 1.82) is 0 Å². The van der Waals surface area contributed by atoms with Crippen LogP contribution in [-0.4, -0.2) is 11.1 Å². The maximum absolute atomic E-state index is 12.8. The molecule has 0 aliphatic carbocycles. The van der Waals surface area contributed by atoms with E-state index in [9.17, 15) is 4.39 Å². The Bertz CT molecular complexity index is 304. The third-order valence-corrected chi connectivity index (χ3v) is 3.91. The van der Waals surface area contributed by atoms with Crippen molar-refractivity contribution in [2.45, 2.75) is 17.9 Å². The van der Waals surface area contributed by atoms with E-state index in [0.717, 1.165) is 11.3 Å². The molecular weight excluding hydrogens is 242 g/mol. The number of benzene rings is 1.